The Balaban J connectivity index is 2.12. The van der Waals surface area contributed by atoms with Gasteiger partial charge in [0.1, 0.15) is 4.75 Å². The van der Waals surface area contributed by atoms with Crippen molar-refractivity contribution < 1.29 is 9.90 Å². The molecule has 1 fully saturated rings. The van der Waals surface area contributed by atoms with Crippen LogP contribution in [0.15, 0.2) is 16.3 Å². The molecule has 2 rings (SSSR count). The number of carboxylic acid groups (broad SMARTS) is 1. The SMILES string of the molecule is O=C(O)C1(Sc2ccc(Cl)s2)CCC1. The lowest BCUT2D eigenvalue weighted by molar-refractivity contribution is -0.142. The molecular weight excluding hydrogens is 240 g/mol. The second-order valence-corrected chi connectivity index (χ2v) is 6.71. The van der Waals surface area contributed by atoms with Gasteiger partial charge in [-0.3, -0.25) is 4.79 Å². The first-order valence-electron chi connectivity index (χ1n) is 4.30. The van der Waals surface area contributed by atoms with E-state index < -0.39 is 10.7 Å². The first-order valence-corrected chi connectivity index (χ1v) is 6.31. The highest BCUT2D eigenvalue weighted by molar-refractivity contribution is 8.03. The van der Waals surface area contributed by atoms with Crippen LogP contribution in [0.4, 0.5) is 0 Å². The Bertz CT molecular complexity index is 357. The Morgan fingerprint density at radius 3 is 2.64 bits per heavy atom. The molecule has 0 aromatic carbocycles. The molecular formula is C9H9ClO2S2. The third kappa shape index (κ3) is 1.78. The predicted octanol–water partition coefficient (Wildman–Crippen LogP) is 3.50. The average molecular weight is 249 g/mol. The molecule has 5 heteroatoms. The molecule has 1 N–H and O–H groups in total. The van der Waals surface area contributed by atoms with Gasteiger partial charge in [-0.05, 0) is 31.4 Å². The largest absolute Gasteiger partial charge is 0.480 e. The smallest absolute Gasteiger partial charge is 0.320 e. The van der Waals surface area contributed by atoms with Crippen molar-refractivity contribution in [1.29, 1.82) is 0 Å². The number of thiophene rings is 1. The number of carbonyl (C=O) groups is 1. The van der Waals surface area contributed by atoms with Gasteiger partial charge in [-0.15, -0.1) is 11.3 Å². The molecule has 0 bridgehead atoms. The van der Waals surface area contributed by atoms with Crippen molar-refractivity contribution in [2.75, 3.05) is 0 Å². The molecule has 1 heterocycles. The van der Waals surface area contributed by atoms with E-state index in [1.807, 2.05) is 12.1 Å². The summed E-state index contributed by atoms with van der Waals surface area (Å²) < 4.78 is 1.14. The van der Waals surface area contributed by atoms with Crippen LogP contribution in [0.3, 0.4) is 0 Å². The molecule has 1 aliphatic carbocycles. The van der Waals surface area contributed by atoms with E-state index in [1.165, 1.54) is 23.1 Å². The van der Waals surface area contributed by atoms with Crippen molar-refractivity contribution in [3.05, 3.63) is 16.5 Å². The van der Waals surface area contributed by atoms with Crippen LogP contribution in [0, 0.1) is 0 Å². The maximum absolute atomic E-state index is 11.1. The fraction of sp³-hybridized carbons (Fsp3) is 0.444. The van der Waals surface area contributed by atoms with E-state index in [9.17, 15) is 4.79 Å². The van der Waals surface area contributed by atoms with Gasteiger partial charge in [0.25, 0.3) is 0 Å². The number of halogens is 1. The molecule has 0 atom stereocenters. The molecule has 14 heavy (non-hydrogen) atoms. The quantitative estimate of drug-likeness (QED) is 0.890. The topological polar surface area (TPSA) is 37.3 Å². The Hall–Kier alpha value is -0.190. The summed E-state index contributed by atoms with van der Waals surface area (Å²) >= 11 is 8.68. The van der Waals surface area contributed by atoms with Crippen LogP contribution >= 0.6 is 34.7 Å². The van der Waals surface area contributed by atoms with E-state index in [4.69, 9.17) is 16.7 Å². The van der Waals surface area contributed by atoms with Gasteiger partial charge in [0.05, 0.1) is 8.55 Å². The van der Waals surface area contributed by atoms with E-state index in [-0.39, 0.29) is 0 Å². The summed E-state index contributed by atoms with van der Waals surface area (Å²) in [6.45, 7) is 0. The number of hydrogen-bond acceptors (Lipinski definition) is 3. The monoisotopic (exact) mass is 248 g/mol. The number of hydrogen-bond donors (Lipinski definition) is 1. The van der Waals surface area contributed by atoms with Gasteiger partial charge in [0, 0.05) is 0 Å². The molecule has 1 aromatic rings. The summed E-state index contributed by atoms with van der Waals surface area (Å²) in [5.41, 5.74) is 0. The van der Waals surface area contributed by atoms with Gasteiger partial charge in [-0.25, -0.2) is 0 Å². The second kappa shape index (κ2) is 3.76. The summed E-state index contributed by atoms with van der Waals surface area (Å²) in [4.78, 5) is 11.1. The lowest BCUT2D eigenvalue weighted by Gasteiger charge is -2.36. The zero-order chi connectivity index (χ0) is 10.2. The minimum Gasteiger partial charge on any atom is -0.480 e. The maximum Gasteiger partial charge on any atom is 0.320 e. The highest BCUT2D eigenvalue weighted by Gasteiger charge is 2.45. The van der Waals surface area contributed by atoms with Crippen LogP contribution in [0.2, 0.25) is 4.34 Å². The van der Waals surface area contributed by atoms with Gasteiger partial charge in [-0.1, -0.05) is 23.4 Å². The van der Waals surface area contributed by atoms with Crippen molar-refractivity contribution in [2.45, 2.75) is 28.2 Å². The molecule has 0 aliphatic heterocycles. The molecule has 0 radical (unpaired) electrons. The highest BCUT2D eigenvalue weighted by Crippen LogP contribution is 2.49. The lowest BCUT2D eigenvalue weighted by atomic mass is 9.84. The first-order chi connectivity index (χ1) is 6.62. The molecule has 0 unspecified atom stereocenters. The standard InChI is InChI=1S/C9H9ClO2S2/c10-6-2-3-7(13-6)14-9(8(11)12)4-1-5-9/h2-3H,1,4-5H2,(H,11,12). The van der Waals surface area contributed by atoms with E-state index >= 15 is 0 Å². The average Bonchev–Trinajstić information content (AvgIpc) is 2.43. The molecule has 0 amide bonds. The third-order valence-electron chi connectivity index (χ3n) is 2.40. The maximum atomic E-state index is 11.1. The minimum atomic E-state index is -0.696. The van der Waals surface area contributed by atoms with E-state index in [0.717, 1.165) is 23.5 Å². The van der Waals surface area contributed by atoms with Gasteiger partial charge in [-0.2, -0.15) is 0 Å². The number of thioether (sulfide) groups is 1. The Labute approximate surface area is 95.3 Å². The van der Waals surface area contributed by atoms with Crippen molar-refractivity contribution in [3.8, 4) is 0 Å². The molecule has 0 spiro atoms. The molecule has 1 aliphatic rings. The fourth-order valence-electron chi connectivity index (χ4n) is 1.40. The van der Waals surface area contributed by atoms with Crippen LogP contribution in [0.1, 0.15) is 19.3 Å². The van der Waals surface area contributed by atoms with Crippen LogP contribution in [0.25, 0.3) is 0 Å². The van der Waals surface area contributed by atoms with Gasteiger partial charge >= 0.3 is 5.97 Å². The fourth-order valence-corrected chi connectivity index (χ4v) is 4.33. The Kier molecular flexibility index (Phi) is 2.77. The van der Waals surface area contributed by atoms with Gasteiger partial charge in [0.15, 0.2) is 0 Å². The zero-order valence-corrected chi connectivity index (χ0v) is 9.71. The Morgan fingerprint density at radius 2 is 2.29 bits per heavy atom. The van der Waals surface area contributed by atoms with Crippen LogP contribution in [-0.2, 0) is 4.79 Å². The molecule has 76 valence electrons. The normalized spacial score (nSPS) is 18.9. The molecule has 1 aromatic heterocycles. The molecule has 2 nitrogen and oxygen atoms in total. The summed E-state index contributed by atoms with van der Waals surface area (Å²) in [5.74, 6) is -0.696. The van der Waals surface area contributed by atoms with Crippen LogP contribution < -0.4 is 0 Å². The summed E-state index contributed by atoms with van der Waals surface area (Å²) in [5, 5.41) is 9.10. The van der Waals surface area contributed by atoms with Crippen molar-refractivity contribution in [2.24, 2.45) is 0 Å². The Morgan fingerprint density at radius 1 is 1.57 bits per heavy atom. The number of carboxylic acids is 1. The van der Waals surface area contributed by atoms with Crippen LogP contribution in [0.5, 0.6) is 0 Å². The van der Waals surface area contributed by atoms with Crippen LogP contribution in [-0.4, -0.2) is 15.8 Å². The zero-order valence-electron chi connectivity index (χ0n) is 7.33. The van der Waals surface area contributed by atoms with E-state index in [2.05, 4.69) is 0 Å². The van der Waals surface area contributed by atoms with Crippen molar-refractivity contribution in [1.82, 2.24) is 0 Å². The summed E-state index contributed by atoms with van der Waals surface area (Å²) in [6, 6.07) is 3.70. The summed E-state index contributed by atoms with van der Waals surface area (Å²) in [6.07, 6.45) is 2.55. The van der Waals surface area contributed by atoms with Gasteiger partial charge in [0.2, 0.25) is 0 Å². The lowest BCUT2D eigenvalue weighted by Crippen LogP contribution is -2.41. The highest BCUT2D eigenvalue weighted by atomic mass is 35.5. The molecule has 0 saturated heterocycles. The predicted molar refractivity (Wildman–Crippen MR) is 59.4 cm³/mol. The first kappa shape index (κ1) is 10.3. The number of aliphatic carboxylic acids is 1. The van der Waals surface area contributed by atoms with E-state index in [1.54, 1.807) is 0 Å². The molecule has 1 saturated carbocycles. The summed E-state index contributed by atoms with van der Waals surface area (Å²) in [7, 11) is 0. The minimum absolute atomic E-state index is 0.575. The van der Waals surface area contributed by atoms with Crippen molar-refractivity contribution >= 4 is 40.7 Å². The van der Waals surface area contributed by atoms with Gasteiger partial charge < -0.3 is 5.11 Å². The van der Waals surface area contributed by atoms with Crippen molar-refractivity contribution in [3.63, 3.8) is 0 Å². The third-order valence-corrected chi connectivity index (χ3v) is 5.23. The number of rotatable bonds is 3. The second-order valence-electron chi connectivity index (χ2n) is 3.31. The van der Waals surface area contributed by atoms with E-state index in [0.29, 0.717) is 4.34 Å².